The van der Waals surface area contributed by atoms with E-state index in [1.165, 1.54) is 11.1 Å². The SMILES string of the molecule is CN1CCC(NC2CCc3ccccc3C2)C1=O. The molecule has 0 bridgehead atoms. The number of benzene rings is 1. The Bertz CT molecular complexity index is 458. The average molecular weight is 244 g/mol. The highest BCUT2D eigenvalue weighted by atomic mass is 16.2. The van der Waals surface area contributed by atoms with Gasteiger partial charge in [0, 0.05) is 19.6 Å². The molecule has 2 atom stereocenters. The van der Waals surface area contributed by atoms with Crippen LogP contribution in [0.15, 0.2) is 24.3 Å². The van der Waals surface area contributed by atoms with Crippen molar-refractivity contribution in [3.63, 3.8) is 0 Å². The fourth-order valence-electron chi connectivity index (χ4n) is 3.10. The summed E-state index contributed by atoms with van der Waals surface area (Å²) >= 11 is 0. The third kappa shape index (κ3) is 2.15. The van der Waals surface area contributed by atoms with Gasteiger partial charge in [-0.3, -0.25) is 4.79 Å². The van der Waals surface area contributed by atoms with Gasteiger partial charge >= 0.3 is 0 Å². The van der Waals surface area contributed by atoms with Gasteiger partial charge in [0.2, 0.25) is 5.91 Å². The number of rotatable bonds is 2. The summed E-state index contributed by atoms with van der Waals surface area (Å²) in [5.74, 6) is 0.258. The Morgan fingerprint density at radius 3 is 2.72 bits per heavy atom. The van der Waals surface area contributed by atoms with Gasteiger partial charge in [0.05, 0.1) is 6.04 Å². The molecule has 96 valence electrons. The lowest BCUT2D eigenvalue weighted by Gasteiger charge is -2.27. The number of hydrogen-bond acceptors (Lipinski definition) is 2. The van der Waals surface area contributed by atoms with Gasteiger partial charge in [-0.2, -0.15) is 0 Å². The number of carbonyl (C=O) groups is 1. The van der Waals surface area contributed by atoms with E-state index >= 15 is 0 Å². The Balaban J connectivity index is 1.65. The second-order valence-electron chi connectivity index (χ2n) is 5.48. The first-order valence-corrected chi connectivity index (χ1v) is 6.82. The maximum Gasteiger partial charge on any atom is 0.239 e. The molecule has 1 amide bonds. The number of aryl methyl sites for hydroxylation is 1. The summed E-state index contributed by atoms with van der Waals surface area (Å²) in [6.07, 6.45) is 4.28. The van der Waals surface area contributed by atoms with Gasteiger partial charge < -0.3 is 10.2 Å². The highest BCUT2D eigenvalue weighted by molar-refractivity contribution is 5.83. The second kappa shape index (κ2) is 4.73. The fraction of sp³-hybridized carbons (Fsp3) is 0.533. The predicted molar refractivity (Wildman–Crippen MR) is 71.4 cm³/mol. The molecular weight excluding hydrogens is 224 g/mol. The zero-order valence-electron chi connectivity index (χ0n) is 10.9. The lowest BCUT2D eigenvalue weighted by molar-refractivity contribution is -0.128. The fourth-order valence-corrected chi connectivity index (χ4v) is 3.10. The van der Waals surface area contributed by atoms with Crippen LogP contribution in [0.3, 0.4) is 0 Å². The number of carbonyl (C=O) groups excluding carboxylic acids is 1. The first-order chi connectivity index (χ1) is 8.74. The molecule has 1 aliphatic heterocycles. The average Bonchev–Trinajstić information content (AvgIpc) is 2.71. The molecule has 0 saturated carbocycles. The molecular formula is C15H20N2O. The molecule has 0 aromatic heterocycles. The van der Waals surface area contributed by atoms with Crippen LogP contribution in [-0.4, -0.2) is 36.5 Å². The first-order valence-electron chi connectivity index (χ1n) is 6.82. The van der Waals surface area contributed by atoms with Crippen molar-refractivity contribution in [2.45, 2.75) is 37.8 Å². The van der Waals surface area contributed by atoms with Crippen molar-refractivity contribution in [3.8, 4) is 0 Å². The number of nitrogens with zero attached hydrogens (tertiary/aromatic N) is 1. The van der Waals surface area contributed by atoms with Crippen LogP contribution in [0.2, 0.25) is 0 Å². The molecule has 1 aromatic carbocycles. The van der Waals surface area contributed by atoms with Crippen molar-refractivity contribution in [2.75, 3.05) is 13.6 Å². The van der Waals surface area contributed by atoms with Gasteiger partial charge in [-0.15, -0.1) is 0 Å². The summed E-state index contributed by atoms with van der Waals surface area (Å²) in [7, 11) is 1.89. The monoisotopic (exact) mass is 244 g/mol. The summed E-state index contributed by atoms with van der Waals surface area (Å²) < 4.78 is 0. The molecule has 1 aliphatic carbocycles. The Morgan fingerprint density at radius 1 is 1.22 bits per heavy atom. The van der Waals surface area contributed by atoms with E-state index in [1.54, 1.807) is 0 Å². The molecule has 1 N–H and O–H groups in total. The van der Waals surface area contributed by atoms with Gasteiger partial charge in [0.15, 0.2) is 0 Å². The highest BCUT2D eigenvalue weighted by Crippen LogP contribution is 2.22. The molecule has 3 heteroatoms. The van der Waals surface area contributed by atoms with E-state index in [0.717, 1.165) is 32.2 Å². The molecule has 1 saturated heterocycles. The zero-order chi connectivity index (χ0) is 12.5. The highest BCUT2D eigenvalue weighted by Gasteiger charge is 2.31. The standard InChI is InChI=1S/C15H20N2O/c1-17-9-8-14(15(17)18)16-13-7-6-11-4-2-3-5-12(11)10-13/h2-5,13-14,16H,6-10H2,1H3. The number of nitrogens with one attached hydrogen (secondary N) is 1. The Hall–Kier alpha value is -1.35. The maximum absolute atomic E-state index is 11.9. The van der Waals surface area contributed by atoms with Gasteiger partial charge in [-0.05, 0) is 36.8 Å². The molecule has 1 heterocycles. The Morgan fingerprint density at radius 2 is 2.00 bits per heavy atom. The van der Waals surface area contributed by atoms with Crippen molar-refractivity contribution in [3.05, 3.63) is 35.4 Å². The summed E-state index contributed by atoms with van der Waals surface area (Å²) in [5, 5.41) is 3.55. The van der Waals surface area contributed by atoms with Crippen molar-refractivity contribution >= 4 is 5.91 Å². The molecule has 3 rings (SSSR count). The molecule has 18 heavy (non-hydrogen) atoms. The predicted octanol–water partition coefficient (Wildman–Crippen LogP) is 1.36. The van der Waals surface area contributed by atoms with Crippen molar-refractivity contribution < 1.29 is 4.79 Å². The number of amides is 1. The van der Waals surface area contributed by atoms with Crippen LogP contribution in [0, 0.1) is 0 Å². The third-order valence-corrected chi connectivity index (χ3v) is 4.21. The van der Waals surface area contributed by atoms with Crippen molar-refractivity contribution in [2.24, 2.45) is 0 Å². The van der Waals surface area contributed by atoms with Crippen LogP contribution in [0.5, 0.6) is 0 Å². The largest absolute Gasteiger partial charge is 0.344 e. The summed E-state index contributed by atoms with van der Waals surface area (Å²) in [5.41, 5.74) is 2.92. The summed E-state index contributed by atoms with van der Waals surface area (Å²) in [6, 6.07) is 9.16. The van der Waals surface area contributed by atoms with E-state index in [9.17, 15) is 4.79 Å². The van der Waals surface area contributed by atoms with Gasteiger partial charge in [-0.25, -0.2) is 0 Å². The lowest BCUT2D eigenvalue weighted by atomic mass is 9.88. The lowest BCUT2D eigenvalue weighted by Crippen LogP contribution is -2.45. The second-order valence-corrected chi connectivity index (χ2v) is 5.48. The molecule has 0 radical (unpaired) electrons. The van der Waals surface area contributed by atoms with E-state index < -0.39 is 0 Å². The smallest absolute Gasteiger partial charge is 0.239 e. The molecule has 2 aliphatic rings. The van der Waals surface area contributed by atoms with Crippen molar-refractivity contribution in [1.82, 2.24) is 10.2 Å². The number of likely N-dealkylation sites (N-methyl/N-ethyl adjacent to an activating group) is 1. The van der Waals surface area contributed by atoms with E-state index in [-0.39, 0.29) is 11.9 Å². The number of likely N-dealkylation sites (tertiary alicyclic amines) is 1. The van der Waals surface area contributed by atoms with Crippen LogP contribution < -0.4 is 5.32 Å². The maximum atomic E-state index is 11.9. The third-order valence-electron chi connectivity index (χ3n) is 4.21. The topological polar surface area (TPSA) is 32.3 Å². The minimum Gasteiger partial charge on any atom is -0.344 e. The Labute approximate surface area is 108 Å². The van der Waals surface area contributed by atoms with Crippen LogP contribution in [0.1, 0.15) is 24.0 Å². The summed E-state index contributed by atoms with van der Waals surface area (Å²) in [6.45, 7) is 0.889. The Kier molecular flexibility index (Phi) is 3.08. The van der Waals surface area contributed by atoms with E-state index in [2.05, 4.69) is 29.6 Å². The van der Waals surface area contributed by atoms with E-state index in [4.69, 9.17) is 0 Å². The van der Waals surface area contributed by atoms with E-state index in [0.29, 0.717) is 6.04 Å². The molecule has 2 unspecified atom stereocenters. The molecule has 0 spiro atoms. The van der Waals surface area contributed by atoms with Crippen LogP contribution >= 0.6 is 0 Å². The minimum atomic E-state index is 0.0465. The number of fused-ring (bicyclic) bond motifs is 1. The first kappa shape index (κ1) is 11.7. The summed E-state index contributed by atoms with van der Waals surface area (Å²) in [4.78, 5) is 13.7. The minimum absolute atomic E-state index is 0.0465. The molecule has 1 fully saturated rings. The number of hydrogen-bond donors (Lipinski definition) is 1. The molecule has 3 nitrogen and oxygen atoms in total. The van der Waals surface area contributed by atoms with Gasteiger partial charge in [0.1, 0.15) is 0 Å². The van der Waals surface area contributed by atoms with E-state index in [1.807, 2.05) is 11.9 Å². The van der Waals surface area contributed by atoms with Crippen LogP contribution in [-0.2, 0) is 17.6 Å². The molecule has 1 aromatic rings. The van der Waals surface area contributed by atoms with Crippen LogP contribution in [0.25, 0.3) is 0 Å². The zero-order valence-corrected chi connectivity index (χ0v) is 10.9. The van der Waals surface area contributed by atoms with Gasteiger partial charge in [-0.1, -0.05) is 24.3 Å². The van der Waals surface area contributed by atoms with Crippen molar-refractivity contribution in [1.29, 1.82) is 0 Å². The quantitative estimate of drug-likeness (QED) is 0.852. The normalized spacial score (nSPS) is 27.4. The van der Waals surface area contributed by atoms with Gasteiger partial charge in [0.25, 0.3) is 0 Å². The van der Waals surface area contributed by atoms with Crippen LogP contribution in [0.4, 0.5) is 0 Å².